The van der Waals surface area contributed by atoms with Crippen LogP contribution < -0.4 is 0 Å². The first-order valence-electron chi connectivity index (χ1n) is 4.74. The maximum atomic E-state index is 10.4. The van der Waals surface area contributed by atoms with Crippen molar-refractivity contribution < 1.29 is 29.4 Å². The first-order valence-corrected chi connectivity index (χ1v) is 4.74. The molecule has 0 heterocycles. The van der Waals surface area contributed by atoms with Gasteiger partial charge in [-0.3, -0.25) is 19.2 Å². The van der Waals surface area contributed by atoms with Gasteiger partial charge in [-0.1, -0.05) is 0 Å². The maximum absolute atomic E-state index is 10.4. The van der Waals surface area contributed by atoms with Gasteiger partial charge in [0.2, 0.25) is 11.6 Å². The fourth-order valence-corrected chi connectivity index (χ4v) is 0.978. The van der Waals surface area contributed by atoms with Gasteiger partial charge in [0.15, 0.2) is 23.1 Å². The molecule has 18 heavy (non-hydrogen) atoms. The molecule has 0 aromatic heterocycles. The maximum Gasteiger partial charge on any atom is 0.224 e. The molecular weight excluding hydrogens is 240 g/mol. The Balaban J connectivity index is 0.000000184. The number of aliphatic hydroxyl groups is 2. The van der Waals surface area contributed by atoms with Gasteiger partial charge in [-0.25, -0.2) is 0 Å². The van der Waals surface area contributed by atoms with Crippen LogP contribution in [-0.4, -0.2) is 33.3 Å². The summed E-state index contributed by atoms with van der Waals surface area (Å²) < 4.78 is 0. The zero-order chi connectivity index (χ0) is 13.7. The highest BCUT2D eigenvalue weighted by atomic mass is 16.3. The zero-order valence-corrected chi connectivity index (χ0v) is 8.99. The van der Waals surface area contributed by atoms with Crippen LogP contribution in [0.15, 0.2) is 48.0 Å². The zero-order valence-electron chi connectivity index (χ0n) is 8.99. The molecule has 0 aromatic carbocycles. The van der Waals surface area contributed by atoms with Crippen LogP contribution in [0.4, 0.5) is 0 Å². The summed E-state index contributed by atoms with van der Waals surface area (Å²) in [6.45, 7) is 0. The summed E-state index contributed by atoms with van der Waals surface area (Å²) >= 11 is 0. The van der Waals surface area contributed by atoms with Crippen LogP contribution in [0.2, 0.25) is 0 Å². The van der Waals surface area contributed by atoms with E-state index in [2.05, 4.69) is 0 Å². The number of carbonyl (C=O) groups excluding carboxylic acids is 4. The largest absolute Gasteiger partial charge is 0.504 e. The quantitative estimate of drug-likeness (QED) is 0.595. The summed E-state index contributed by atoms with van der Waals surface area (Å²) in [5, 5.41) is 17.2. The molecule has 0 aliphatic heterocycles. The first kappa shape index (κ1) is 13.3. The van der Waals surface area contributed by atoms with E-state index in [-0.39, 0.29) is 11.6 Å². The smallest absolute Gasteiger partial charge is 0.224 e. The van der Waals surface area contributed by atoms with Crippen LogP contribution in [0, 0.1) is 0 Å². The van der Waals surface area contributed by atoms with E-state index < -0.39 is 23.1 Å². The Labute approximate surface area is 101 Å². The highest BCUT2D eigenvalue weighted by Crippen LogP contribution is 2.05. The van der Waals surface area contributed by atoms with Crippen molar-refractivity contribution in [3.63, 3.8) is 0 Å². The van der Waals surface area contributed by atoms with E-state index in [9.17, 15) is 19.2 Å². The highest BCUT2D eigenvalue weighted by molar-refractivity contribution is 6.17. The molecule has 0 bridgehead atoms. The van der Waals surface area contributed by atoms with Gasteiger partial charge in [-0.15, -0.1) is 0 Å². The summed E-state index contributed by atoms with van der Waals surface area (Å²) in [7, 11) is 0. The predicted molar refractivity (Wildman–Crippen MR) is 59.7 cm³/mol. The number of allylic oxidation sites excluding steroid dienone is 6. The summed E-state index contributed by atoms with van der Waals surface area (Å²) in [5.74, 6) is -3.02. The Morgan fingerprint density at radius 2 is 0.889 bits per heavy atom. The SMILES string of the molecule is O=C1C=C(O)C(=O)C=C1O.O=C1C=CC(=O)C=C1. The summed E-state index contributed by atoms with van der Waals surface area (Å²) in [6, 6.07) is 0. The minimum absolute atomic E-state index is 0.121. The Hall–Kier alpha value is -2.76. The minimum atomic E-state index is -0.753. The van der Waals surface area contributed by atoms with E-state index in [1.165, 1.54) is 24.3 Å². The van der Waals surface area contributed by atoms with Crippen molar-refractivity contribution >= 4 is 23.1 Å². The van der Waals surface area contributed by atoms with Crippen molar-refractivity contribution in [2.45, 2.75) is 0 Å². The van der Waals surface area contributed by atoms with Gasteiger partial charge in [0, 0.05) is 12.2 Å². The third-order valence-electron chi connectivity index (χ3n) is 1.86. The van der Waals surface area contributed by atoms with Crippen LogP contribution in [0.3, 0.4) is 0 Å². The van der Waals surface area contributed by atoms with E-state index in [0.717, 1.165) is 0 Å². The van der Waals surface area contributed by atoms with Crippen LogP contribution >= 0.6 is 0 Å². The number of hydrogen-bond donors (Lipinski definition) is 2. The van der Waals surface area contributed by atoms with E-state index >= 15 is 0 Å². The molecule has 0 saturated heterocycles. The predicted octanol–water partition coefficient (Wildman–Crippen LogP) is 0.273. The second kappa shape index (κ2) is 5.53. The molecule has 0 saturated carbocycles. The molecule has 0 amide bonds. The first-order chi connectivity index (χ1) is 8.40. The van der Waals surface area contributed by atoms with Crippen LogP contribution in [0.5, 0.6) is 0 Å². The number of aliphatic hydroxyl groups excluding tert-OH is 2. The molecule has 6 nitrogen and oxygen atoms in total. The third kappa shape index (κ3) is 3.67. The van der Waals surface area contributed by atoms with Gasteiger partial charge in [-0.05, 0) is 24.3 Å². The Morgan fingerprint density at radius 1 is 0.611 bits per heavy atom. The molecule has 2 rings (SSSR count). The Kier molecular flexibility index (Phi) is 4.09. The van der Waals surface area contributed by atoms with E-state index in [4.69, 9.17) is 10.2 Å². The van der Waals surface area contributed by atoms with Crippen LogP contribution in [0.25, 0.3) is 0 Å². The minimum Gasteiger partial charge on any atom is -0.504 e. The van der Waals surface area contributed by atoms with Crippen molar-refractivity contribution in [2.75, 3.05) is 0 Å². The van der Waals surface area contributed by atoms with Gasteiger partial charge >= 0.3 is 0 Å². The fourth-order valence-electron chi connectivity index (χ4n) is 0.978. The summed E-state index contributed by atoms with van der Waals surface area (Å²) in [4.78, 5) is 41.5. The third-order valence-corrected chi connectivity index (χ3v) is 1.86. The van der Waals surface area contributed by atoms with Gasteiger partial charge in [-0.2, -0.15) is 0 Å². The van der Waals surface area contributed by atoms with Crippen LogP contribution in [0.1, 0.15) is 0 Å². The molecule has 0 unspecified atom stereocenters. The van der Waals surface area contributed by atoms with E-state index in [1.807, 2.05) is 0 Å². The monoisotopic (exact) mass is 248 g/mol. The molecule has 0 radical (unpaired) electrons. The molecule has 6 heteroatoms. The van der Waals surface area contributed by atoms with Gasteiger partial charge in [0.1, 0.15) is 0 Å². The number of hydrogen-bond acceptors (Lipinski definition) is 6. The Morgan fingerprint density at radius 3 is 1.17 bits per heavy atom. The molecule has 2 N–H and O–H groups in total. The molecule has 92 valence electrons. The second-order valence-corrected chi connectivity index (χ2v) is 3.26. The lowest BCUT2D eigenvalue weighted by molar-refractivity contribution is -0.118. The Bertz CT molecular complexity index is 479. The lowest BCUT2D eigenvalue weighted by Crippen LogP contribution is -2.12. The molecule has 2 aliphatic carbocycles. The number of ketones is 4. The fraction of sp³-hybridized carbons (Fsp3) is 0. The van der Waals surface area contributed by atoms with E-state index in [1.54, 1.807) is 0 Å². The van der Waals surface area contributed by atoms with E-state index in [0.29, 0.717) is 12.2 Å². The lowest BCUT2D eigenvalue weighted by Gasteiger charge is -2.00. The molecule has 2 aliphatic rings. The highest BCUT2D eigenvalue weighted by Gasteiger charge is 2.17. The second-order valence-electron chi connectivity index (χ2n) is 3.26. The molecular formula is C12H8O6. The van der Waals surface area contributed by atoms with Crippen molar-refractivity contribution in [3.05, 3.63) is 48.0 Å². The summed E-state index contributed by atoms with van der Waals surface area (Å²) in [5.41, 5.74) is 0. The van der Waals surface area contributed by atoms with Crippen LogP contribution in [-0.2, 0) is 19.2 Å². The molecule has 0 fully saturated rings. The molecule has 0 atom stereocenters. The molecule has 0 spiro atoms. The van der Waals surface area contributed by atoms with Crippen molar-refractivity contribution in [3.8, 4) is 0 Å². The lowest BCUT2D eigenvalue weighted by atomic mass is 10.1. The van der Waals surface area contributed by atoms with Gasteiger partial charge < -0.3 is 10.2 Å². The molecule has 0 aromatic rings. The average Bonchev–Trinajstić information content (AvgIpc) is 2.31. The number of rotatable bonds is 0. The van der Waals surface area contributed by atoms with Crippen molar-refractivity contribution in [1.29, 1.82) is 0 Å². The van der Waals surface area contributed by atoms with Crippen molar-refractivity contribution in [1.82, 2.24) is 0 Å². The van der Waals surface area contributed by atoms with Crippen molar-refractivity contribution in [2.24, 2.45) is 0 Å². The van der Waals surface area contributed by atoms with Gasteiger partial charge in [0.05, 0.1) is 0 Å². The summed E-state index contributed by atoms with van der Waals surface area (Å²) in [6.07, 6.45) is 6.37. The normalized spacial score (nSPS) is 18.0. The average molecular weight is 248 g/mol. The van der Waals surface area contributed by atoms with Gasteiger partial charge in [0.25, 0.3) is 0 Å². The topological polar surface area (TPSA) is 109 Å². The standard InChI is InChI=1S/C6H4O4.C6H4O2/c7-3-1-4(8)6(10)2-5(3)9;7-5-1-2-6(8)4-3-5/h1-2,7,10H;1-4H. The number of carbonyl (C=O) groups is 4.